The van der Waals surface area contributed by atoms with E-state index >= 15 is 0 Å². The third-order valence-corrected chi connectivity index (χ3v) is 9.19. The number of hydrogen-bond donors (Lipinski definition) is 1. The number of ether oxygens (including phenoxy) is 1. The molecule has 0 aliphatic carbocycles. The molecule has 1 N–H and O–H groups in total. The maximum atomic E-state index is 14.2. The number of nitro groups is 1. The molecule has 11 nitrogen and oxygen atoms in total. The van der Waals surface area contributed by atoms with E-state index in [9.17, 15) is 28.1 Å². The summed E-state index contributed by atoms with van der Waals surface area (Å²) in [5.41, 5.74) is 0.180. The molecule has 0 unspecified atom stereocenters. The average molecular weight is 686 g/mol. The number of methoxy groups -OCH3 is 1. The lowest BCUT2D eigenvalue weighted by atomic mass is 10.1. The molecule has 44 heavy (non-hydrogen) atoms. The lowest BCUT2D eigenvalue weighted by Crippen LogP contribution is -2.52. The molecule has 2 amide bonds. The summed E-state index contributed by atoms with van der Waals surface area (Å²) in [6.45, 7) is 5.49. The van der Waals surface area contributed by atoms with E-state index < -0.39 is 49.9 Å². The van der Waals surface area contributed by atoms with Gasteiger partial charge < -0.3 is 15.0 Å². The second kappa shape index (κ2) is 14.5. The minimum Gasteiger partial charge on any atom is -0.495 e. The number of anilines is 1. The van der Waals surface area contributed by atoms with Crippen LogP contribution >= 0.6 is 34.8 Å². The van der Waals surface area contributed by atoms with Crippen LogP contribution in [0, 0.1) is 17.0 Å². The van der Waals surface area contributed by atoms with E-state index in [2.05, 4.69) is 5.32 Å². The predicted octanol–water partition coefficient (Wildman–Crippen LogP) is 6.01. The number of nitrogens with zero attached hydrogens (tertiary/aromatic N) is 3. The number of benzene rings is 3. The van der Waals surface area contributed by atoms with Crippen LogP contribution in [0.25, 0.3) is 0 Å². The largest absolute Gasteiger partial charge is 0.495 e. The fourth-order valence-electron chi connectivity index (χ4n) is 4.27. The van der Waals surface area contributed by atoms with Crippen molar-refractivity contribution in [2.75, 3.05) is 18.0 Å². The minimum atomic E-state index is -4.66. The Morgan fingerprint density at radius 2 is 1.64 bits per heavy atom. The van der Waals surface area contributed by atoms with Gasteiger partial charge in [-0.2, -0.15) is 0 Å². The molecule has 0 aliphatic heterocycles. The monoisotopic (exact) mass is 684 g/mol. The molecule has 0 aliphatic rings. The highest BCUT2D eigenvalue weighted by molar-refractivity contribution is 7.92. The van der Waals surface area contributed by atoms with Crippen molar-refractivity contribution in [3.63, 3.8) is 0 Å². The molecule has 3 aromatic rings. The molecular formula is C29H31Cl3N4O7S. The molecule has 3 aromatic carbocycles. The van der Waals surface area contributed by atoms with Gasteiger partial charge >= 0.3 is 0 Å². The number of carbonyl (C=O) groups excluding carboxylic acids is 2. The molecule has 236 valence electrons. The third kappa shape index (κ3) is 8.12. The standard InChI is InChI=1S/C29H31Cl3N4O7S/c1-17(2)33-29(38)19(4)34(15-20-7-8-21(30)12-24(20)32)28(37)16-35(26-13-22(31)9-11-27(26)43-5)44(41,42)23-10-6-18(3)25(14-23)36(39)40/h6-14,17,19H,15-16H2,1-5H3,(H,33,38)/t19-/m0/s1. The van der Waals surface area contributed by atoms with Crippen molar-refractivity contribution in [3.8, 4) is 5.75 Å². The van der Waals surface area contributed by atoms with Crippen molar-refractivity contribution in [2.24, 2.45) is 0 Å². The number of sulfonamides is 1. The quantitative estimate of drug-likeness (QED) is 0.182. The van der Waals surface area contributed by atoms with Gasteiger partial charge in [-0.1, -0.05) is 46.9 Å². The highest BCUT2D eigenvalue weighted by Crippen LogP contribution is 2.36. The van der Waals surface area contributed by atoms with Crippen molar-refractivity contribution in [2.45, 2.75) is 51.2 Å². The third-order valence-electron chi connectivity index (χ3n) is 6.61. The molecule has 1 atom stereocenters. The Balaban J connectivity index is 2.18. The zero-order valence-electron chi connectivity index (χ0n) is 24.5. The second-order valence-corrected chi connectivity index (χ2v) is 13.3. The van der Waals surface area contributed by atoms with Crippen molar-refractivity contribution in [1.29, 1.82) is 0 Å². The number of hydrogen-bond acceptors (Lipinski definition) is 7. The average Bonchev–Trinajstić information content (AvgIpc) is 2.94. The number of nitrogens with one attached hydrogen (secondary N) is 1. The van der Waals surface area contributed by atoms with Crippen LogP contribution in [0.2, 0.25) is 15.1 Å². The number of aryl methyl sites for hydroxylation is 1. The van der Waals surface area contributed by atoms with Crippen molar-refractivity contribution in [1.82, 2.24) is 10.2 Å². The summed E-state index contributed by atoms with van der Waals surface area (Å²) >= 11 is 18.7. The maximum absolute atomic E-state index is 14.2. The number of carbonyl (C=O) groups is 2. The Bertz CT molecular complexity index is 1690. The summed E-state index contributed by atoms with van der Waals surface area (Å²) in [5.74, 6) is -1.21. The van der Waals surface area contributed by atoms with Crippen LogP contribution < -0.4 is 14.4 Å². The normalized spacial score (nSPS) is 12.0. The molecule has 0 fully saturated rings. The highest BCUT2D eigenvalue weighted by atomic mass is 35.5. The Labute approximate surface area is 270 Å². The predicted molar refractivity (Wildman–Crippen MR) is 170 cm³/mol. The Morgan fingerprint density at radius 3 is 2.23 bits per heavy atom. The van der Waals surface area contributed by atoms with Crippen LogP contribution in [0.3, 0.4) is 0 Å². The first-order valence-electron chi connectivity index (χ1n) is 13.2. The van der Waals surface area contributed by atoms with Crippen molar-refractivity contribution >= 4 is 68.0 Å². The van der Waals surface area contributed by atoms with Crippen LogP contribution in [0.4, 0.5) is 11.4 Å². The van der Waals surface area contributed by atoms with E-state index in [4.69, 9.17) is 39.5 Å². The molecule has 3 rings (SSSR count). The maximum Gasteiger partial charge on any atom is 0.273 e. The lowest BCUT2D eigenvalue weighted by Gasteiger charge is -2.33. The van der Waals surface area contributed by atoms with Gasteiger partial charge in [-0.3, -0.25) is 24.0 Å². The van der Waals surface area contributed by atoms with Gasteiger partial charge in [-0.05, 0) is 69.7 Å². The van der Waals surface area contributed by atoms with E-state index in [1.165, 1.54) is 62.3 Å². The van der Waals surface area contributed by atoms with Crippen LogP contribution in [0.1, 0.15) is 31.9 Å². The topological polar surface area (TPSA) is 139 Å². The fourth-order valence-corrected chi connectivity index (χ4v) is 6.34. The van der Waals surface area contributed by atoms with Gasteiger partial charge in [-0.15, -0.1) is 0 Å². The molecule has 0 bridgehead atoms. The SMILES string of the molecule is COc1ccc(Cl)cc1N(CC(=O)N(Cc1ccc(Cl)cc1Cl)[C@@H](C)C(=O)NC(C)C)S(=O)(=O)c1ccc(C)c([N+](=O)[O-])c1. The molecule has 0 spiro atoms. The number of rotatable bonds is 12. The molecule has 0 saturated heterocycles. The van der Waals surface area contributed by atoms with Gasteiger partial charge in [0.15, 0.2) is 0 Å². The number of nitro benzene ring substituents is 1. The Morgan fingerprint density at radius 1 is 1.00 bits per heavy atom. The molecule has 15 heteroatoms. The van der Waals surface area contributed by atoms with Gasteiger partial charge in [0.2, 0.25) is 11.8 Å². The summed E-state index contributed by atoms with van der Waals surface area (Å²) in [6.07, 6.45) is 0. The summed E-state index contributed by atoms with van der Waals surface area (Å²) in [5, 5.41) is 15.1. The molecule has 0 saturated carbocycles. The zero-order chi connectivity index (χ0) is 32.9. The summed E-state index contributed by atoms with van der Waals surface area (Å²) in [6, 6.07) is 11.0. The van der Waals surface area contributed by atoms with Gasteiger partial charge in [0.05, 0.1) is 22.6 Å². The first-order chi connectivity index (χ1) is 20.6. The summed E-state index contributed by atoms with van der Waals surface area (Å²) in [7, 11) is -3.35. The van der Waals surface area contributed by atoms with Gasteiger partial charge in [-0.25, -0.2) is 8.42 Å². The van der Waals surface area contributed by atoms with Gasteiger partial charge in [0, 0.05) is 39.3 Å². The fraction of sp³-hybridized carbons (Fsp3) is 0.310. The second-order valence-electron chi connectivity index (χ2n) is 10.1. The Kier molecular flexibility index (Phi) is 11.5. The van der Waals surface area contributed by atoms with E-state index in [-0.39, 0.29) is 39.6 Å². The van der Waals surface area contributed by atoms with Gasteiger partial charge in [0.25, 0.3) is 15.7 Å². The smallest absolute Gasteiger partial charge is 0.273 e. The van der Waals surface area contributed by atoms with Crippen LogP contribution in [-0.2, 0) is 26.2 Å². The summed E-state index contributed by atoms with van der Waals surface area (Å²) < 4.78 is 34.5. The summed E-state index contributed by atoms with van der Waals surface area (Å²) in [4.78, 5) is 38.9. The van der Waals surface area contributed by atoms with Crippen LogP contribution in [0.15, 0.2) is 59.5 Å². The Hall–Kier alpha value is -3.58. The van der Waals surface area contributed by atoms with Crippen LogP contribution in [0.5, 0.6) is 5.75 Å². The number of halogens is 3. The number of amides is 2. The van der Waals surface area contributed by atoms with E-state index in [0.717, 1.165) is 10.4 Å². The van der Waals surface area contributed by atoms with E-state index in [0.29, 0.717) is 10.6 Å². The highest BCUT2D eigenvalue weighted by Gasteiger charge is 2.35. The first-order valence-corrected chi connectivity index (χ1v) is 15.8. The van der Waals surface area contributed by atoms with Crippen molar-refractivity contribution < 1.29 is 27.7 Å². The molecule has 0 heterocycles. The zero-order valence-corrected chi connectivity index (χ0v) is 27.6. The van der Waals surface area contributed by atoms with Crippen LogP contribution in [-0.4, -0.2) is 55.8 Å². The lowest BCUT2D eigenvalue weighted by molar-refractivity contribution is -0.385. The van der Waals surface area contributed by atoms with E-state index in [1.807, 2.05) is 0 Å². The van der Waals surface area contributed by atoms with Gasteiger partial charge in [0.1, 0.15) is 18.3 Å². The van der Waals surface area contributed by atoms with E-state index in [1.54, 1.807) is 26.0 Å². The molecular weight excluding hydrogens is 655 g/mol. The molecule has 0 aromatic heterocycles. The minimum absolute atomic E-state index is 0.0604. The molecule has 0 radical (unpaired) electrons. The first kappa shape index (κ1) is 34.9. The van der Waals surface area contributed by atoms with Crippen molar-refractivity contribution in [3.05, 3.63) is 90.9 Å².